The molecule has 1 aromatic heterocycles. The summed E-state index contributed by atoms with van der Waals surface area (Å²) in [7, 11) is 1.71. The second kappa shape index (κ2) is 8.19. The molecule has 29 aromatic rings. The van der Waals surface area contributed by atoms with Crippen LogP contribution in [0.1, 0.15) is 11.1 Å². The normalized spacial score (nSPS) is 16.5. The topological polar surface area (TPSA) is 81.9 Å². The molecule has 0 amide bonds. The van der Waals surface area contributed by atoms with Crippen molar-refractivity contribution < 1.29 is 9.47 Å². The highest BCUT2D eigenvalue weighted by Crippen LogP contribution is 2.77. The molecule has 0 radical (unpaired) electrons. The van der Waals surface area contributed by atoms with Crippen LogP contribution in [0.15, 0.2) is 45.0 Å². The molecule has 30 rings (SSSR count). The number of nitrogens with one attached hydrogen (secondary N) is 1. The number of pyridine rings is 1. The Morgan fingerprint density at radius 1 is 0.377 bits per heavy atom. The molecule has 336 valence electrons. The van der Waals surface area contributed by atoms with Gasteiger partial charge in [0.15, 0.2) is 0 Å². The van der Waals surface area contributed by atoms with Crippen molar-refractivity contribution >= 4 is 297 Å². The Labute approximate surface area is 420 Å². The number of ether oxygens (including phenoxy) is 2. The van der Waals surface area contributed by atoms with Gasteiger partial charge in [0.25, 0.3) is 5.56 Å². The third-order valence-corrected chi connectivity index (χ3v) is 23.9. The van der Waals surface area contributed by atoms with Gasteiger partial charge in [0, 0.05) is 181 Å². The molecule has 7 heteroatoms. The van der Waals surface area contributed by atoms with Gasteiger partial charge in [0.1, 0.15) is 12.1 Å². The zero-order valence-corrected chi connectivity index (χ0v) is 39.7. The van der Waals surface area contributed by atoms with Crippen molar-refractivity contribution in [3.8, 4) is 0 Å². The van der Waals surface area contributed by atoms with Crippen LogP contribution in [0.25, 0.3) is 291 Å². The lowest BCUT2D eigenvalue weighted by Gasteiger charge is -2.21. The molecule has 0 unspecified atom stereocenters. The minimum absolute atomic E-state index is 0.0146. The molecular formula is C70H17N3O4. The van der Waals surface area contributed by atoms with Crippen molar-refractivity contribution in [2.24, 2.45) is 5.10 Å². The minimum Gasteiger partial charge on any atom is -0.382 e. The van der Waals surface area contributed by atoms with E-state index >= 15 is 9.59 Å². The first-order valence-electron chi connectivity index (χ1n) is 27.5. The molecule has 0 aliphatic heterocycles. The molecular weight excluding hydrogens is 947 g/mol. The molecule has 77 heavy (non-hydrogen) atoms. The SMILES string of the molecule is COCCOCn1c(=O)c2c3c4c5c(c6c7c8/c(=N\Nc9ccccc9)c(=O)c9c8c8c%10c7c7c6c6c5c5c%11c4c4c2c2c%12c%13c4c%11c4c%11c5c6c5c7c6c%10c7c8c8c9c(c9c8c8c7c7c6c5c%11c5c7c8c(c%13c45)c%129)c21)C3. The molecule has 1 aliphatic carbocycles. The molecule has 0 saturated carbocycles. The summed E-state index contributed by atoms with van der Waals surface area (Å²) in [4.78, 5) is 33.9. The van der Waals surface area contributed by atoms with E-state index in [0.717, 1.165) is 48.9 Å². The van der Waals surface area contributed by atoms with Gasteiger partial charge >= 0.3 is 0 Å². The molecule has 0 spiro atoms. The average molecular weight is 964 g/mol. The molecule has 1 N–H and O–H groups in total. The van der Waals surface area contributed by atoms with Crippen LogP contribution in [0.4, 0.5) is 5.69 Å². The highest BCUT2D eigenvalue weighted by atomic mass is 16.5. The van der Waals surface area contributed by atoms with Crippen molar-refractivity contribution in [2.45, 2.75) is 13.2 Å². The fourth-order valence-corrected chi connectivity index (χ4v) is 22.8. The standard InChI is InChI=1S/C70H17N3O4/c1-76-7-8-77-10-73-68-64-22-17(70(73)75)13-9-12-14-15(13)19-24(22)30-32-26(19)25-18(14)23-20-16(12)21-28-27(20)33-35-29(23)31(25)36-37(32)46-43-41(36)40(35)42-38(33)39-34(28)56-53-48(39)47-44(42)45(43)49-50(47)55-57(53)62(65(68)60(55)58-52(49)51(46)54(30)59(58)64)66-61(56)63(21)67(69(66)74)72-71-11-5-3-2-4-6-11/h2-6,71H,7-10H2,1H3/b72-67+. The van der Waals surface area contributed by atoms with E-state index in [1.54, 1.807) is 7.11 Å². The summed E-state index contributed by atoms with van der Waals surface area (Å²) in [6, 6.07) is 10.2. The number of hydrogen-bond acceptors (Lipinski definition) is 6. The number of nitrogens with zero attached hydrogens (tertiary/aromatic N) is 2. The Hall–Kier alpha value is -9.53. The third-order valence-electron chi connectivity index (χ3n) is 23.9. The van der Waals surface area contributed by atoms with Gasteiger partial charge in [0.2, 0.25) is 5.43 Å². The van der Waals surface area contributed by atoms with E-state index in [0.29, 0.717) is 25.0 Å². The molecule has 1 heterocycles. The van der Waals surface area contributed by atoms with Gasteiger partial charge in [-0.25, -0.2) is 0 Å². The maximum absolute atomic E-state index is 17.0. The number of methoxy groups -OCH3 is 1. The van der Waals surface area contributed by atoms with E-state index in [2.05, 4.69) is 5.43 Å². The van der Waals surface area contributed by atoms with Gasteiger partial charge in [-0.3, -0.25) is 19.6 Å². The van der Waals surface area contributed by atoms with E-state index in [9.17, 15) is 0 Å². The maximum atomic E-state index is 17.0. The number of para-hydroxylation sites is 1. The van der Waals surface area contributed by atoms with Crippen LogP contribution >= 0.6 is 0 Å². The van der Waals surface area contributed by atoms with Gasteiger partial charge in [-0.1, -0.05) is 18.2 Å². The lowest BCUT2D eigenvalue weighted by atomic mass is 9.85. The van der Waals surface area contributed by atoms with Gasteiger partial charge in [0.05, 0.1) is 29.8 Å². The summed E-state index contributed by atoms with van der Waals surface area (Å²) in [5.41, 5.74) is 7.75. The van der Waals surface area contributed by atoms with Crippen molar-refractivity contribution in [1.29, 1.82) is 0 Å². The van der Waals surface area contributed by atoms with Gasteiger partial charge < -0.3 is 9.47 Å². The van der Waals surface area contributed by atoms with Gasteiger partial charge in [-0.05, 0) is 136 Å². The summed E-state index contributed by atoms with van der Waals surface area (Å²) in [5.74, 6) is 0. The van der Waals surface area contributed by atoms with Crippen molar-refractivity contribution in [3.05, 3.63) is 67.4 Å². The Morgan fingerprint density at radius 3 is 1.09 bits per heavy atom. The lowest BCUT2D eigenvalue weighted by molar-refractivity contribution is 0.0349. The van der Waals surface area contributed by atoms with Crippen LogP contribution in [0.5, 0.6) is 0 Å². The smallest absolute Gasteiger partial charge is 0.261 e. The van der Waals surface area contributed by atoms with E-state index in [1.165, 1.54) is 259 Å². The maximum Gasteiger partial charge on any atom is 0.261 e. The van der Waals surface area contributed by atoms with E-state index < -0.39 is 0 Å². The van der Waals surface area contributed by atoms with Crippen molar-refractivity contribution in [3.63, 3.8) is 0 Å². The average Bonchev–Trinajstić information content (AvgIpc) is 1.94. The van der Waals surface area contributed by atoms with Crippen LogP contribution in [-0.2, 0) is 22.6 Å². The van der Waals surface area contributed by atoms with Crippen LogP contribution in [0.2, 0.25) is 0 Å². The van der Waals surface area contributed by atoms with Crippen LogP contribution in [0.3, 0.4) is 0 Å². The number of fused-ring (bicyclic) bond motifs is 7. The largest absolute Gasteiger partial charge is 0.382 e. The Bertz CT molecular complexity index is 7890. The summed E-state index contributed by atoms with van der Waals surface area (Å²) >= 11 is 0. The van der Waals surface area contributed by atoms with Crippen LogP contribution < -0.4 is 21.8 Å². The summed E-state index contributed by atoms with van der Waals surface area (Å²) < 4.78 is 14.4. The lowest BCUT2D eigenvalue weighted by Crippen LogP contribution is -2.24. The summed E-state index contributed by atoms with van der Waals surface area (Å²) in [6.07, 6.45) is 0.640. The predicted octanol–water partition coefficient (Wildman–Crippen LogP) is 16.1. The summed E-state index contributed by atoms with van der Waals surface area (Å²) in [6.45, 7) is 0.836. The van der Waals surface area contributed by atoms with Gasteiger partial charge in [-0.15, -0.1) is 0 Å². The zero-order chi connectivity index (χ0) is 47.4. The second-order valence-corrected chi connectivity index (χ2v) is 25.4. The number of aromatic nitrogens is 1. The summed E-state index contributed by atoms with van der Waals surface area (Å²) in [5, 5.41) is 77.1. The van der Waals surface area contributed by atoms with E-state index in [1.807, 2.05) is 34.9 Å². The number of rotatable bonds is 7. The molecule has 1 aliphatic rings. The molecule has 0 bridgehead atoms. The van der Waals surface area contributed by atoms with E-state index in [-0.39, 0.29) is 17.7 Å². The fraction of sp³-hybridized carbons (Fsp3) is 0.0714. The third kappa shape index (κ3) is 2.11. The minimum atomic E-state index is -0.0324. The van der Waals surface area contributed by atoms with Crippen LogP contribution in [0, 0.1) is 0 Å². The van der Waals surface area contributed by atoms with Gasteiger partial charge in [-0.2, -0.15) is 5.10 Å². The predicted molar refractivity (Wildman–Crippen MR) is 319 cm³/mol. The van der Waals surface area contributed by atoms with Crippen molar-refractivity contribution in [2.75, 3.05) is 25.7 Å². The molecule has 0 saturated heterocycles. The number of hydrogen-bond donors (Lipinski definition) is 1. The number of anilines is 1. The Morgan fingerprint density at radius 2 is 0.688 bits per heavy atom. The molecule has 28 aromatic carbocycles. The first-order chi connectivity index (χ1) is 38.2. The Balaban J connectivity index is 1.14. The van der Waals surface area contributed by atoms with Crippen LogP contribution in [-0.4, -0.2) is 24.9 Å². The zero-order valence-electron chi connectivity index (χ0n) is 39.7. The van der Waals surface area contributed by atoms with Crippen molar-refractivity contribution in [1.82, 2.24) is 4.57 Å². The number of benzene rings is 18. The Kier molecular flexibility index (Phi) is 3.41. The van der Waals surface area contributed by atoms with E-state index in [4.69, 9.17) is 14.6 Å². The quantitative estimate of drug-likeness (QED) is 0.0745. The monoisotopic (exact) mass is 963 g/mol. The first kappa shape index (κ1) is 32.0. The second-order valence-electron chi connectivity index (χ2n) is 25.4. The fourth-order valence-electron chi connectivity index (χ4n) is 22.8. The molecule has 0 fully saturated rings. The highest BCUT2D eigenvalue weighted by molar-refractivity contribution is 6.81. The highest BCUT2D eigenvalue weighted by Gasteiger charge is 2.50. The molecule has 0 atom stereocenters. The first-order valence-corrected chi connectivity index (χ1v) is 27.5. The molecule has 7 nitrogen and oxygen atoms in total.